The molecule has 3 aromatic heterocycles. The summed E-state index contributed by atoms with van der Waals surface area (Å²) >= 11 is 0. The highest BCUT2D eigenvalue weighted by Gasteiger charge is 2.18. The number of rotatable bonds is 8. The Kier molecular flexibility index (Phi) is 6.03. The van der Waals surface area contributed by atoms with Gasteiger partial charge in [-0.1, -0.05) is 17.3 Å². The summed E-state index contributed by atoms with van der Waals surface area (Å²) < 4.78 is 29.9. The van der Waals surface area contributed by atoms with Crippen molar-refractivity contribution in [1.82, 2.24) is 24.3 Å². The minimum atomic E-state index is -0.244. The lowest BCUT2D eigenvalue weighted by Crippen LogP contribution is -2.21. The van der Waals surface area contributed by atoms with Crippen LogP contribution in [0.25, 0.3) is 28.2 Å². The van der Waals surface area contributed by atoms with Gasteiger partial charge in [0.1, 0.15) is 17.8 Å². The van der Waals surface area contributed by atoms with Crippen LogP contribution < -0.4 is 24.5 Å². The van der Waals surface area contributed by atoms with Crippen LogP contribution in [0.5, 0.6) is 23.0 Å². The summed E-state index contributed by atoms with van der Waals surface area (Å²) in [4.78, 5) is 17.6. The van der Waals surface area contributed by atoms with E-state index in [4.69, 9.17) is 23.5 Å². The first-order valence-corrected chi connectivity index (χ1v) is 10.9. The Hall–Kier alpha value is -4.80. The highest BCUT2D eigenvalue weighted by molar-refractivity contribution is 5.67. The van der Waals surface area contributed by atoms with Gasteiger partial charge in [0.05, 0.1) is 34.1 Å². The molecule has 0 aliphatic rings. The molecule has 0 spiro atoms. The molecule has 0 saturated carbocycles. The second-order valence-electron chi connectivity index (χ2n) is 7.75. The monoisotopic (exact) mass is 489 g/mol. The lowest BCUT2D eigenvalue weighted by molar-refractivity contribution is 0.324. The summed E-state index contributed by atoms with van der Waals surface area (Å²) in [6.45, 7) is 0.0897. The van der Waals surface area contributed by atoms with Crippen LogP contribution in [0, 0.1) is 0 Å². The summed E-state index contributed by atoms with van der Waals surface area (Å²) in [5.41, 5.74) is 2.29. The van der Waals surface area contributed by atoms with Crippen LogP contribution in [0.2, 0.25) is 0 Å². The van der Waals surface area contributed by atoms with E-state index >= 15 is 0 Å². The Morgan fingerprint density at radius 2 is 1.67 bits per heavy atom. The zero-order valence-electron chi connectivity index (χ0n) is 20.1. The second-order valence-corrected chi connectivity index (χ2v) is 7.75. The summed E-state index contributed by atoms with van der Waals surface area (Å²) in [6.07, 6.45) is 3.33. The van der Waals surface area contributed by atoms with E-state index < -0.39 is 0 Å². The normalized spacial score (nSPS) is 11.0. The number of methoxy groups -OCH3 is 4. The van der Waals surface area contributed by atoms with Crippen molar-refractivity contribution in [2.45, 2.75) is 6.54 Å². The SMILES string of the molecule is COc1cccc(-c2cc3c(=O)n(Cc4nc(-c5cc(OC)c(OC)c(OC)c5)no4)ccn3n2)c1. The molecule has 2 aromatic carbocycles. The summed E-state index contributed by atoms with van der Waals surface area (Å²) in [7, 11) is 6.19. The average Bonchev–Trinajstić information content (AvgIpc) is 3.57. The first-order valence-electron chi connectivity index (χ1n) is 10.9. The summed E-state index contributed by atoms with van der Waals surface area (Å²) in [6, 6.07) is 12.7. The molecule has 0 radical (unpaired) electrons. The summed E-state index contributed by atoms with van der Waals surface area (Å²) in [5.74, 6) is 2.68. The second kappa shape index (κ2) is 9.45. The number of nitrogens with zero attached hydrogens (tertiary/aromatic N) is 5. The lowest BCUT2D eigenvalue weighted by Gasteiger charge is -2.12. The van der Waals surface area contributed by atoms with Crippen molar-refractivity contribution in [3.63, 3.8) is 0 Å². The number of benzene rings is 2. The van der Waals surface area contributed by atoms with Gasteiger partial charge in [-0.2, -0.15) is 10.1 Å². The van der Waals surface area contributed by atoms with Gasteiger partial charge in [0.15, 0.2) is 11.5 Å². The smallest absolute Gasteiger partial charge is 0.277 e. The lowest BCUT2D eigenvalue weighted by atomic mass is 10.1. The molecule has 3 heterocycles. The Balaban J connectivity index is 1.45. The maximum absolute atomic E-state index is 13.2. The number of hydrogen-bond acceptors (Lipinski definition) is 9. The van der Waals surface area contributed by atoms with E-state index in [-0.39, 0.29) is 18.0 Å². The van der Waals surface area contributed by atoms with Crippen LogP contribution >= 0.6 is 0 Å². The molecule has 184 valence electrons. The van der Waals surface area contributed by atoms with Crippen molar-refractivity contribution in [1.29, 1.82) is 0 Å². The molecular weight excluding hydrogens is 466 g/mol. The predicted octanol–water partition coefficient (Wildman–Crippen LogP) is 3.30. The third kappa shape index (κ3) is 4.11. The molecule has 0 aliphatic heterocycles. The number of fused-ring (bicyclic) bond motifs is 1. The fourth-order valence-electron chi connectivity index (χ4n) is 3.87. The predicted molar refractivity (Wildman–Crippen MR) is 130 cm³/mol. The van der Waals surface area contributed by atoms with Gasteiger partial charge >= 0.3 is 0 Å². The zero-order valence-corrected chi connectivity index (χ0v) is 20.1. The minimum absolute atomic E-state index is 0.0897. The fourth-order valence-corrected chi connectivity index (χ4v) is 3.87. The van der Waals surface area contributed by atoms with E-state index in [9.17, 15) is 4.79 Å². The molecular formula is C25H23N5O6. The van der Waals surface area contributed by atoms with E-state index in [1.54, 1.807) is 42.2 Å². The Bertz CT molecular complexity index is 1580. The largest absolute Gasteiger partial charge is 0.497 e. The van der Waals surface area contributed by atoms with Crippen LogP contribution in [-0.4, -0.2) is 52.8 Å². The molecule has 0 saturated heterocycles. The standard InChI is InChI=1S/C25H23N5O6/c1-32-17-7-5-6-15(10-17)18-13-19-25(31)29(8-9-30(19)27-18)14-22-26-24(28-36-22)16-11-20(33-2)23(35-4)21(12-16)34-3/h5-13H,14H2,1-4H3. The number of aromatic nitrogens is 5. The molecule has 0 amide bonds. The average molecular weight is 489 g/mol. The topological polar surface area (TPSA) is 115 Å². The Morgan fingerprint density at radius 1 is 0.889 bits per heavy atom. The molecule has 0 aliphatic carbocycles. The van der Waals surface area contributed by atoms with E-state index in [1.807, 2.05) is 24.3 Å². The van der Waals surface area contributed by atoms with Gasteiger partial charge in [0.25, 0.3) is 5.56 Å². The van der Waals surface area contributed by atoms with Gasteiger partial charge in [0.2, 0.25) is 17.5 Å². The van der Waals surface area contributed by atoms with Crippen molar-refractivity contribution in [2.24, 2.45) is 0 Å². The van der Waals surface area contributed by atoms with Crippen molar-refractivity contribution >= 4 is 5.52 Å². The van der Waals surface area contributed by atoms with Crippen LogP contribution in [-0.2, 0) is 6.54 Å². The first kappa shape index (κ1) is 23.0. The number of ether oxygens (including phenoxy) is 4. The molecule has 0 atom stereocenters. The molecule has 11 nitrogen and oxygen atoms in total. The van der Waals surface area contributed by atoms with E-state index in [1.165, 1.54) is 25.9 Å². The van der Waals surface area contributed by atoms with Crippen molar-refractivity contribution in [3.8, 4) is 45.6 Å². The van der Waals surface area contributed by atoms with Gasteiger partial charge < -0.3 is 28.0 Å². The highest BCUT2D eigenvalue weighted by atomic mass is 16.5. The maximum atomic E-state index is 13.2. The van der Waals surface area contributed by atoms with Crippen molar-refractivity contribution < 1.29 is 23.5 Å². The molecule has 0 unspecified atom stereocenters. The van der Waals surface area contributed by atoms with E-state index in [0.29, 0.717) is 45.6 Å². The minimum Gasteiger partial charge on any atom is -0.497 e. The third-order valence-electron chi connectivity index (χ3n) is 5.67. The Morgan fingerprint density at radius 3 is 2.36 bits per heavy atom. The molecule has 0 N–H and O–H groups in total. The van der Waals surface area contributed by atoms with E-state index in [0.717, 1.165) is 5.56 Å². The van der Waals surface area contributed by atoms with Gasteiger partial charge in [-0.05, 0) is 30.3 Å². The maximum Gasteiger partial charge on any atom is 0.277 e. The molecule has 5 aromatic rings. The fraction of sp³-hybridized carbons (Fsp3) is 0.200. The first-order chi connectivity index (χ1) is 17.5. The molecule has 36 heavy (non-hydrogen) atoms. The van der Waals surface area contributed by atoms with Crippen molar-refractivity contribution in [3.05, 3.63) is 71.1 Å². The highest BCUT2D eigenvalue weighted by Crippen LogP contribution is 2.40. The van der Waals surface area contributed by atoms with Crippen LogP contribution in [0.4, 0.5) is 0 Å². The zero-order chi connectivity index (χ0) is 25.2. The summed E-state index contributed by atoms with van der Waals surface area (Å²) in [5, 5.41) is 8.58. The molecule has 0 bridgehead atoms. The van der Waals surface area contributed by atoms with Gasteiger partial charge in [-0.25, -0.2) is 4.52 Å². The molecule has 0 fully saturated rings. The van der Waals surface area contributed by atoms with Gasteiger partial charge in [-0.15, -0.1) is 0 Å². The Labute approximate surface area is 205 Å². The quantitative estimate of drug-likeness (QED) is 0.324. The van der Waals surface area contributed by atoms with Crippen LogP contribution in [0.3, 0.4) is 0 Å². The van der Waals surface area contributed by atoms with Crippen molar-refractivity contribution in [2.75, 3.05) is 28.4 Å². The van der Waals surface area contributed by atoms with Gasteiger partial charge in [-0.3, -0.25) is 4.79 Å². The van der Waals surface area contributed by atoms with E-state index in [2.05, 4.69) is 15.2 Å². The molecule has 5 rings (SSSR count). The van der Waals surface area contributed by atoms with Gasteiger partial charge in [0, 0.05) is 23.5 Å². The molecule has 11 heteroatoms. The van der Waals surface area contributed by atoms with Crippen LogP contribution in [0.15, 0.2) is 64.2 Å². The third-order valence-corrected chi connectivity index (χ3v) is 5.67. The van der Waals surface area contributed by atoms with Crippen LogP contribution in [0.1, 0.15) is 5.89 Å². The number of hydrogen-bond donors (Lipinski definition) is 0.